The Morgan fingerprint density at radius 3 is 2.85 bits per heavy atom. The molecule has 0 atom stereocenters. The zero-order valence-corrected chi connectivity index (χ0v) is 10.9. The van der Waals surface area contributed by atoms with Gasteiger partial charge in [0.05, 0.1) is 7.11 Å². The molecule has 0 N–H and O–H groups in total. The van der Waals surface area contributed by atoms with E-state index in [9.17, 15) is 4.79 Å². The van der Waals surface area contributed by atoms with Gasteiger partial charge in [-0.15, -0.1) is 0 Å². The molecule has 0 saturated carbocycles. The molecule has 5 nitrogen and oxygen atoms in total. The van der Waals surface area contributed by atoms with Crippen LogP contribution in [0.1, 0.15) is 21.6 Å². The first kappa shape index (κ1) is 13.6. The fourth-order valence-electron chi connectivity index (χ4n) is 1.67. The normalized spacial score (nSPS) is 9.60. The Hall–Kier alpha value is -2.87. The van der Waals surface area contributed by atoms with E-state index in [1.54, 1.807) is 36.5 Å². The van der Waals surface area contributed by atoms with Gasteiger partial charge in [0.2, 0.25) is 0 Å². The van der Waals surface area contributed by atoms with Crippen LogP contribution in [0, 0.1) is 11.3 Å². The Morgan fingerprint density at radius 2 is 2.15 bits per heavy atom. The molecule has 1 heterocycles. The van der Waals surface area contributed by atoms with Gasteiger partial charge < -0.3 is 9.47 Å². The van der Waals surface area contributed by atoms with Crippen LogP contribution in [0.4, 0.5) is 0 Å². The number of hydrogen-bond donors (Lipinski definition) is 0. The lowest BCUT2D eigenvalue weighted by Crippen LogP contribution is -1.99. The molecular weight excluding hydrogens is 256 g/mol. The molecule has 5 heteroatoms. The molecule has 0 radical (unpaired) electrons. The summed E-state index contributed by atoms with van der Waals surface area (Å²) < 4.78 is 10.8. The molecule has 0 fully saturated rings. The molecule has 2 rings (SSSR count). The first-order chi connectivity index (χ1) is 9.76. The molecule has 0 aliphatic heterocycles. The Kier molecular flexibility index (Phi) is 4.30. The molecule has 0 spiro atoms. The highest BCUT2D eigenvalue weighted by Crippen LogP contribution is 2.28. The van der Waals surface area contributed by atoms with Crippen molar-refractivity contribution in [1.29, 1.82) is 5.26 Å². The van der Waals surface area contributed by atoms with E-state index >= 15 is 0 Å². The van der Waals surface area contributed by atoms with Crippen molar-refractivity contribution in [3.05, 3.63) is 53.3 Å². The topological polar surface area (TPSA) is 72.2 Å². The molecule has 0 amide bonds. The van der Waals surface area contributed by atoms with Crippen molar-refractivity contribution in [3.8, 4) is 17.6 Å². The summed E-state index contributed by atoms with van der Waals surface area (Å²) in [5.41, 5.74) is 1.66. The molecule has 0 aliphatic rings. The van der Waals surface area contributed by atoms with Crippen LogP contribution in [-0.4, -0.2) is 18.4 Å². The molecule has 1 aromatic heterocycles. The number of benzene rings is 1. The van der Waals surface area contributed by atoms with Crippen molar-refractivity contribution < 1.29 is 14.3 Å². The summed E-state index contributed by atoms with van der Waals surface area (Å²) in [6, 6.07) is 10.3. The third kappa shape index (κ3) is 3.12. The van der Waals surface area contributed by atoms with Gasteiger partial charge in [-0.1, -0.05) is 0 Å². The van der Waals surface area contributed by atoms with Crippen molar-refractivity contribution in [3.63, 3.8) is 0 Å². The molecule has 0 bridgehead atoms. The minimum atomic E-state index is 0.260. The van der Waals surface area contributed by atoms with Gasteiger partial charge in [0.15, 0.2) is 11.5 Å². The van der Waals surface area contributed by atoms with Gasteiger partial charge in [-0.05, 0) is 35.9 Å². The number of pyridine rings is 1. The van der Waals surface area contributed by atoms with Crippen LogP contribution in [0.5, 0.6) is 11.5 Å². The number of aldehydes is 1. The average molecular weight is 268 g/mol. The van der Waals surface area contributed by atoms with Crippen LogP contribution in [0.15, 0.2) is 36.5 Å². The third-order valence-electron chi connectivity index (χ3n) is 2.66. The first-order valence-electron chi connectivity index (χ1n) is 5.88. The minimum Gasteiger partial charge on any atom is -0.493 e. The van der Waals surface area contributed by atoms with Gasteiger partial charge in [0, 0.05) is 11.8 Å². The number of hydrogen-bond acceptors (Lipinski definition) is 5. The van der Waals surface area contributed by atoms with Gasteiger partial charge in [-0.3, -0.25) is 4.79 Å². The summed E-state index contributed by atoms with van der Waals surface area (Å²) in [5, 5.41) is 8.79. The molecule has 0 aliphatic carbocycles. The van der Waals surface area contributed by atoms with Gasteiger partial charge in [0.25, 0.3) is 0 Å². The van der Waals surface area contributed by atoms with Crippen molar-refractivity contribution in [2.75, 3.05) is 7.11 Å². The SMILES string of the molecule is COc1ccc(C=O)cc1OCc1ccnc(C#N)c1. The van der Waals surface area contributed by atoms with Crippen molar-refractivity contribution in [1.82, 2.24) is 4.98 Å². The predicted molar refractivity (Wildman–Crippen MR) is 71.7 cm³/mol. The molecule has 0 saturated heterocycles. The van der Waals surface area contributed by atoms with Crippen molar-refractivity contribution >= 4 is 6.29 Å². The summed E-state index contributed by atoms with van der Waals surface area (Å²) in [5.74, 6) is 1.03. The van der Waals surface area contributed by atoms with E-state index in [1.807, 2.05) is 6.07 Å². The number of methoxy groups -OCH3 is 1. The van der Waals surface area contributed by atoms with E-state index in [-0.39, 0.29) is 6.61 Å². The van der Waals surface area contributed by atoms with E-state index < -0.39 is 0 Å². The Balaban J connectivity index is 2.17. The molecule has 1 aromatic carbocycles. The molecule has 2 aromatic rings. The van der Waals surface area contributed by atoms with E-state index in [1.165, 1.54) is 7.11 Å². The van der Waals surface area contributed by atoms with Crippen LogP contribution in [-0.2, 0) is 6.61 Å². The highest BCUT2D eigenvalue weighted by Gasteiger charge is 2.06. The second-order valence-electron chi connectivity index (χ2n) is 3.98. The summed E-state index contributed by atoms with van der Waals surface area (Å²) in [4.78, 5) is 14.7. The Labute approximate surface area is 116 Å². The lowest BCUT2D eigenvalue weighted by Gasteiger charge is -2.11. The smallest absolute Gasteiger partial charge is 0.162 e. The zero-order valence-electron chi connectivity index (χ0n) is 10.9. The number of nitrogens with zero attached hydrogens (tertiary/aromatic N) is 2. The monoisotopic (exact) mass is 268 g/mol. The highest BCUT2D eigenvalue weighted by molar-refractivity contribution is 5.76. The third-order valence-corrected chi connectivity index (χ3v) is 2.66. The first-order valence-corrected chi connectivity index (χ1v) is 5.88. The maximum Gasteiger partial charge on any atom is 0.162 e. The highest BCUT2D eigenvalue weighted by atomic mass is 16.5. The van der Waals surface area contributed by atoms with Gasteiger partial charge in [-0.2, -0.15) is 5.26 Å². The number of carbonyl (C=O) groups excluding carboxylic acids is 1. The quantitative estimate of drug-likeness (QED) is 0.778. The van der Waals surface area contributed by atoms with Crippen molar-refractivity contribution in [2.24, 2.45) is 0 Å². The number of ether oxygens (including phenoxy) is 2. The molecule has 20 heavy (non-hydrogen) atoms. The maximum absolute atomic E-state index is 10.8. The largest absolute Gasteiger partial charge is 0.493 e. The van der Waals surface area contributed by atoms with E-state index in [4.69, 9.17) is 14.7 Å². The minimum absolute atomic E-state index is 0.260. The van der Waals surface area contributed by atoms with Crippen LogP contribution >= 0.6 is 0 Å². The molecular formula is C15H12N2O3. The maximum atomic E-state index is 10.8. The lowest BCUT2D eigenvalue weighted by atomic mass is 10.2. The summed E-state index contributed by atoms with van der Waals surface area (Å²) in [7, 11) is 1.53. The lowest BCUT2D eigenvalue weighted by molar-refractivity contribution is 0.112. The Bertz CT molecular complexity index is 662. The van der Waals surface area contributed by atoms with Gasteiger partial charge in [-0.25, -0.2) is 4.98 Å². The molecule has 100 valence electrons. The summed E-state index contributed by atoms with van der Waals surface area (Å²) >= 11 is 0. The van der Waals surface area contributed by atoms with Gasteiger partial charge in [0.1, 0.15) is 24.7 Å². The summed E-state index contributed by atoms with van der Waals surface area (Å²) in [6.07, 6.45) is 2.29. The molecule has 0 unspecified atom stereocenters. The second-order valence-corrected chi connectivity index (χ2v) is 3.98. The number of aromatic nitrogens is 1. The van der Waals surface area contributed by atoms with Crippen LogP contribution < -0.4 is 9.47 Å². The second kappa shape index (κ2) is 6.34. The zero-order chi connectivity index (χ0) is 14.4. The fourth-order valence-corrected chi connectivity index (χ4v) is 1.67. The summed E-state index contributed by atoms with van der Waals surface area (Å²) in [6.45, 7) is 0.260. The Morgan fingerprint density at radius 1 is 1.30 bits per heavy atom. The number of nitriles is 1. The number of carbonyl (C=O) groups is 1. The average Bonchev–Trinajstić information content (AvgIpc) is 2.52. The fraction of sp³-hybridized carbons (Fsp3) is 0.133. The van der Waals surface area contributed by atoms with E-state index in [2.05, 4.69) is 4.98 Å². The standard InChI is InChI=1S/C15H12N2O3/c1-19-14-3-2-11(9-18)7-15(14)20-10-12-4-5-17-13(6-12)8-16/h2-7,9H,10H2,1H3. The van der Waals surface area contributed by atoms with Crippen LogP contribution in [0.3, 0.4) is 0 Å². The van der Waals surface area contributed by atoms with E-state index in [0.29, 0.717) is 22.8 Å². The predicted octanol–water partition coefficient (Wildman–Crippen LogP) is 2.35. The van der Waals surface area contributed by atoms with Crippen LogP contribution in [0.2, 0.25) is 0 Å². The van der Waals surface area contributed by atoms with Crippen LogP contribution in [0.25, 0.3) is 0 Å². The van der Waals surface area contributed by atoms with E-state index in [0.717, 1.165) is 11.8 Å². The van der Waals surface area contributed by atoms with Crippen molar-refractivity contribution in [2.45, 2.75) is 6.61 Å². The van der Waals surface area contributed by atoms with Gasteiger partial charge >= 0.3 is 0 Å². The number of rotatable bonds is 5.